The standard InChI is InChI=1S/C16H21NO4/c1-16(2,3)21-15(19)17-12-8-6-5-7-11(12)9-13(17)14(18)10-20-4/h5-8,13H,9-10H2,1-4H3/t13-/m0/s1. The summed E-state index contributed by atoms with van der Waals surface area (Å²) in [6.07, 6.45) is -0.000609. The molecule has 0 aromatic heterocycles. The van der Waals surface area contributed by atoms with Crippen LogP contribution in [0.25, 0.3) is 0 Å². The summed E-state index contributed by atoms with van der Waals surface area (Å²) < 4.78 is 10.3. The summed E-state index contributed by atoms with van der Waals surface area (Å²) >= 11 is 0. The SMILES string of the molecule is COCC(=O)[C@@H]1Cc2ccccc2N1C(=O)OC(C)(C)C. The molecule has 0 bridgehead atoms. The average Bonchev–Trinajstić information content (AvgIpc) is 2.76. The summed E-state index contributed by atoms with van der Waals surface area (Å²) in [5, 5.41) is 0. The Balaban J connectivity index is 2.31. The molecular formula is C16H21NO4. The fourth-order valence-corrected chi connectivity index (χ4v) is 2.42. The van der Waals surface area contributed by atoms with Crippen molar-refractivity contribution in [3.8, 4) is 0 Å². The Kier molecular flexibility index (Phi) is 4.32. The number of hydrogen-bond acceptors (Lipinski definition) is 4. The normalized spacial score (nSPS) is 17.5. The van der Waals surface area contributed by atoms with Crippen molar-refractivity contribution in [2.24, 2.45) is 0 Å². The first-order valence-corrected chi connectivity index (χ1v) is 6.95. The van der Waals surface area contributed by atoms with Crippen LogP contribution in [0.2, 0.25) is 0 Å². The van der Waals surface area contributed by atoms with Crippen molar-refractivity contribution in [2.75, 3.05) is 18.6 Å². The number of carbonyl (C=O) groups excluding carboxylic acids is 2. The van der Waals surface area contributed by atoms with Crippen molar-refractivity contribution in [3.63, 3.8) is 0 Å². The summed E-state index contributed by atoms with van der Waals surface area (Å²) in [6, 6.07) is 6.94. The molecule has 2 rings (SSSR count). The molecule has 1 aromatic rings. The van der Waals surface area contributed by atoms with Gasteiger partial charge in [-0.2, -0.15) is 0 Å². The Labute approximate surface area is 124 Å². The van der Waals surface area contributed by atoms with E-state index in [4.69, 9.17) is 9.47 Å². The third-order valence-corrected chi connectivity index (χ3v) is 3.22. The number of methoxy groups -OCH3 is 1. The van der Waals surface area contributed by atoms with Crippen LogP contribution in [0, 0.1) is 0 Å². The van der Waals surface area contributed by atoms with Gasteiger partial charge >= 0.3 is 6.09 Å². The number of hydrogen-bond donors (Lipinski definition) is 0. The van der Waals surface area contributed by atoms with E-state index in [2.05, 4.69) is 0 Å². The number of ether oxygens (including phenoxy) is 2. The van der Waals surface area contributed by atoms with E-state index in [1.807, 2.05) is 24.3 Å². The van der Waals surface area contributed by atoms with Gasteiger partial charge in [0.25, 0.3) is 0 Å². The number of benzene rings is 1. The van der Waals surface area contributed by atoms with Crippen molar-refractivity contribution in [3.05, 3.63) is 29.8 Å². The maximum absolute atomic E-state index is 12.5. The maximum Gasteiger partial charge on any atom is 0.415 e. The molecule has 0 fully saturated rings. The van der Waals surface area contributed by atoms with Gasteiger partial charge in [-0.3, -0.25) is 9.69 Å². The molecule has 0 saturated heterocycles. The zero-order chi connectivity index (χ0) is 15.6. The lowest BCUT2D eigenvalue weighted by atomic mass is 10.1. The van der Waals surface area contributed by atoms with E-state index in [0.717, 1.165) is 11.3 Å². The molecule has 1 amide bonds. The molecule has 1 heterocycles. The molecule has 21 heavy (non-hydrogen) atoms. The number of para-hydroxylation sites is 1. The average molecular weight is 291 g/mol. The molecule has 0 spiro atoms. The molecule has 0 saturated carbocycles. The second-order valence-corrected chi connectivity index (χ2v) is 6.10. The van der Waals surface area contributed by atoms with Crippen LogP contribution in [0.15, 0.2) is 24.3 Å². The predicted molar refractivity (Wildman–Crippen MR) is 79.5 cm³/mol. The van der Waals surface area contributed by atoms with Gasteiger partial charge in [-0.15, -0.1) is 0 Å². The van der Waals surface area contributed by atoms with Gasteiger partial charge in [0.1, 0.15) is 18.2 Å². The van der Waals surface area contributed by atoms with Gasteiger partial charge in [0.2, 0.25) is 0 Å². The van der Waals surface area contributed by atoms with E-state index in [1.165, 1.54) is 12.0 Å². The summed E-state index contributed by atoms with van der Waals surface area (Å²) in [6.45, 7) is 5.40. The monoisotopic (exact) mass is 291 g/mol. The number of carbonyl (C=O) groups is 2. The molecule has 0 N–H and O–H groups in total. The van der Waals surface area contributed by atoms with Crippen LogP contribution in [0.4, 0.5) is 10.5 Å². The van der Waals surface area contributed by atoms with E-state index < -0.39 is 17.7 Å². The van der Waals surface area contributed by atoms with Crippen LogP contribution < -0.4 is 4.90 Å². The van der Waals surface area contributed by atoms with Crippen molar-refractivity contribution < 1.29 is 19.1 Å². The number of Topliss-reactive ketones (excluding diaryl/α,β-unsaturated/α-hetero) is 1. The Morgan fingerprint density at radius 1 is 1.29 bits per heavy atom. The molecule has 1 aliphatic heterocycles. The molecule has 114 valence electrons. The highest BCUT2D eigenvalue weighted by Crippen LogP contribution is 2.33. The second-order valence-electron chi connectivity index (χ2n) is 6.10. The number of fused-ring (bicyclic) bond motifs is 1. The number of anilines is 1. The fraction of sp³-hybridized carbons (Fsp3) is 0.500. The van der Waals surface area contributed by atoms with Crippen molar-refractivity contribution in [2.45, 2.75) is 38.8 Å². The highest BCUT2D eigenvalue weighted by Gasteiger charge is 2.39. The number of nitrogens with zero attached hydrogens (tertiary/aromatic N) is 1. The van der Waals surface area contributed by atoms with Crippen LogP contribution in [-0.4, -0.2) is 37.2 Å². The van der Waals surface area contributed by atoms with E-state index in [1.54, 1.807) is 20.8 Å². The first-order chi connectivity index (χ1) is 9.83. The van der Waals surface area contributed by atoms with E-state index in [9.17, 15) is 9.59 Å². The highest BCUT2D eigenvalue weighted by molar-refractivity contribution is 6.01. The lowest BCUT2D eigenvalue weighted by Crippen LogP contribution is -2.46. The number of rotatable bonds is 3. The molecule has 0 aliphatic carbocycles. The minimum atomic E-state index is -0.608. The summed E-state index contributed by atoms with van der Waals surface area (Å²) in [4.78, 5) is 26.1. The molecular weight excluding hydrogens is 270 g/mol. The molecule has 0 unspecified atom stereocenters. The Morgan fingerprint density at radius 2 is 1.95 bits per heavy atom. The van der Waals surface area contributed by atoms with E-state index in [-0.39, 0.29) is 12.4 Å². The maximum atomic E-state index is 12.5. The van der Waals surface area contributed by atoms with Crippen molar-refractivity contribution in [1.29, 1.82) is 0 Å². The Hall–Kier alpha value is -1.88. The smallest absolute Gasteiger partial charge is 0.415 e. The van der Waals surface area contributed by atoms with Crippen LogP contribution >= 0.6 is 0 Å². The van der Waals surface area contributed by atoms with Crippen molar-refractivity contribution in [1.82, 2.24) is 0 Å². The van der Waals surface area contributed by atoms with E-state index >= 15 is 0 Å². The summed E-state index contributed by atoms with van der Waals surface area (Å²) in [5.41, 5.74) is 1.10. The number of ketones is 1. The van der Waals surface area contributed by atoms with Crippen LogP contribution in [-0.2, 0) is 20.7 Å². The number of amides is 1. The molecule has 5 nitrogen and oxygen atoms in total. The first-order valence-electron chi connectivity index (χ1n) is 6.95. The molecule has 1 aliphatic rings. The minimum absolute atomic E-state index is 0.0159. The largest absolute Gasteiger partial charge is 0.443 e. The van der Waals surface area contributed by atoms with Gasteiger partial charge in [0, 0.05) is 13.5 Å². The summed E-state index contributed by atoms with van der Waals surface area (Å²) in [5.74, 6) is -0.125. The molecule has 5 heteroatoms. The van der Waals surface area contributed by atoms with Gasteiger partial charge in [-0.25, -0.2) is 4.79 Å². The third kappa shape index (κ3) is 3.42. The first kappa shape index (κ1) is 15.5. The van der Waals surface area contributed by atoms with Gasteiger partial charge in [0.15, 0.2) is 5.78 Å². The zero-order valence-electron chi connectivity index (χ0n) is 12.9. The van der Waals surface area contributed by atoms with Gasteiger partial charge in [-0.05, 0) is 32.4 Å². The lowest BCUT2D eigenvalue weighted by Gasteiger charge is -2.28. The zero-order valence-corrected chi connectivity index (χ0v) is 12.9. The quantitative estimate of drug-likeness (QED) is 0.859. The Bertz CT molecular complexity index is 547. The van der Waals surface area contributed by atoms with Gasteiger partial charge < -0.3 is 9.47 Å². The van der Waals surface area contributed by atoms with Crippen LogP contribution in [0.3, 0.4) is 0 Å². The molecule has 1 atom stereocenters. The lowest BCUT2D eigenvalue weighted by molar-refractivity contribution is -0.123. The molecule has 1 aromatic carbocycles. The van der Waals surface area contributed by atoms with Gasteiger partial charge in [-0.1, -0.05) is 18.2 Å². The predicted octanol–water partition coefficient (Wildman–Crippen LogP) is 2.57. The van der Waals surface area contributed by atoms with Crippen LogP contribution in [0.5, 0.6) is 0 Å². The molecule has 0 radical (unpaired) electrons. The minimum Gasteiger partial charge on any atom is -0.443 e. The van der Waals surface area contributed by atoms with Crippen molar-refractivity contribution >= 4 is 17.6 Å². The highest BCUT2D eigenvalue weighted by atomic mass is 16.6. The third-order valence-electron chi connectivity index (χ3n) is 3.22. The second kappa shape index (κ2) is 5.85. The fourth-order valence-electron chi connectivity index (χ4n) is 2.42. The van der Waals surface area contributed by atoms with E-state index in [0.29, 0.717) is 6.42 Å². The van der Waals surface area contributed by atoms with Crippen LogP contribution in [0.1, 0.15) is 26.3 Å². The summed E-state index contributed by atoms with van der Waals surface area (Å²) in [7, 11) is 1.47. The topological polar surface area (TPSA) is 55.8 Å². The van der Waals surface area contributed by atoms with Gasteiger partial charge in [0.05, 0.1) is 5.69 Å². The Morgan fingerprint density at radius 3 is 2.57 bits per heavy atom.